The molecule has 2 amide bonds. The monoisotopic (exact) mass is 1020 g/mol. The van der Waals surface area contributed by atoms with E-state index in [4.69, 9.17) is 28.4 Å². The Morgan fingerprint density at radius 1 is 0.597 bits per heavy atom. The van der Waals surface area contributed by atoms with Gasteiger partial charge in [0.2, 0.25) is 11.8 Å². The highest BCUT2D eigenvalue weighted by molar-refractivity contribution is 5.91. The molecular formula is C48H70N6O18. The number of carbonyl (C=O) groups excluding carboxylic acids is 6. The Morgan fingerprint density at radius 2 is 0.931 bits per heavy atom. The fraction of sp³-hybridized carbons (Fsp3) is 0.583. The lowest BCUT2D eigenvalue weighted by Crippen LogP contribution is -2.52. The van der Waals surface area contributed by atoms with Gasteiger partial charge in [0.05, 0.1) is 12.8 Å². The lowest BCUT2D eigenvalue weighted by Gasteiger charge is -2.29. The van der Waals surface area contributed by atoms with Gasteiger partial charge in [0.1, 0.15) is 60.6 Å². The number of amides is 2. The van der Waals surface area contributed by atoms with Gasteiger partial charge in [-0.05, 0) is 129 Å². The van der Waals surface area contributed by atoms with Crippen molar-refractivity contribution in [3.63, 3.8) is 0 Å². The molecule has 0 fully saturated rings. The Morgan fingerprint density at radius 3 is 1.24 bits per heavy atom. The van der Waals surface area contributed by atoms with E-state index in [0.29, 0.717) is 56.4 Å². The van der Waals surface area contributed by atoms with Crippen molar-refractivity contribution in [2.45, 2.75) is 145 Å². The minimum absolute atomic E-state index is 0.0243. The highest BCUT2D eigenvalue weighted by atomic mass is 17.0. The maximum atomic E-state index is 13.4. The Kier molecular flexibility index (Phi) is 23.8. The zero-order chi connectivity index (χ0) is 54.7. The van der Waals surface area contributed by atoms with E-state index < -0.39 is 81.4 Å². The number of aryl methyl sites for hydroxylation is 2. The summed E-state index contributed by atoms with van der Waals surface area (Å²) in [7, 11) is 0. The molecule has 2 rings (SSSR count). The van der Waals surface area contributed by atoms with Gasteiger partial charge in [-0.1, -0.05) is 0 Å². The van der Waals surface area contributed by atoms with Crippen LogP contribution in [0.5, 0.6) is 23.0 Å². The fourth-order valence-electron chi connectivity index (χ4n) is 6.70. The normalized spacial score (nSPS) is 13.1. The third-order valence-corrected chi connectivity index (χ3v) is 10.8. The lowest BCUT2D eigenvalue weighted by atomic mass is 10.0. The number of nitrogens with zero attached hydrogens (tertiary/aromatic N) is 2. The zero-order valence-corrected chi connectivity index (χ0v) is 43.5. The molecule has 24 heteroatoms. The molecule has 2 aromatic carbocycles. The number of hydrogen-bond donors (Lipinski definition) is 4. The molecule has 0 radical (unpaired) electrons. The number of hydrogen-bond acceptors (Lipinski definition) is 20. The van der Waals surface area contributed by atoms with Gasteiger partial charge in [0.25, 0.3) is 10.2 Å². The summed E-state index contributed by atoms with van der Waals surface area (Å²) in [5.41, 5.74) is 2.22. The molecule has 0 aliphatic rings. The average molecular weight is 1020 g/mol. The summed E-state index contributed by atoms with van der Waals surface area (Å²) in [5, 5.41) is 31.2. The van der Waals surface area contributed by atoms with Gasteiger partial charge < -0.3 is 59.4 Å². The van der Waals surface area contributed by atoms with Crippen LogP contribution in [-0.4, -0.2) is 121 Å². The van der Waals surface area contributed by atoms with Crippen LogP contribution in [0.4, 0.5) is 0 Å². The van der Waals surface area contributed by atoms with Crippen LogP contribution in [-0.2, 0) is 47.9 Å². The van der Waals surface area contributed by atoms with Crippen molar-refractivity contribution in [1.29, 1.82) is 0 Å². The van der Waals surface area contributed by atoms with Gasteiger partial charge in [0.15, 0.2) is 0 Å². The molecule has 4 unspecified atom stereocenters. The molecule has 0 aromatic heterocycles. The van der Waals surface area contributed by atoms with Gasteiger partial charge in [-0.3, -0.25) is 19.2 Å². The molecule has 400 valence electrons. The maximum absolute atomic E-state index is 13.4. The first-order valence-corrected chi connectivity index (χ1v) is 23.0. The summed E-state index contributed by atoms with van der Waals surface area (Å²) in [6, 6.07) is 3.36. The molecule has 0 aliphatic carbocycles. The fourth-order valence-corrected chi connectivity index (χ4v) is 6.70. The predicted octanol–water partition coefficient (Wildman–Crippen LogP) is 4.17. The summed E-state index contributed by atoms with van der Waals surface area (Å²) in [5.74, 6) is -2.26. The van der Waals surface area contributed by atoms with E-state index in [1.54, 1.807) is 81.4 Å². The van der Waals surface area contributed by atoms with Crippen LogP contribution in [0.15, 0.2) is 24.3 Å². The van der Waals surface area contributed by atoms with Crippen LogP contribution in [0.3, 0.4) is 0 Å². The maximum Gasteiger partial charge on any atom is 0.331 e. The summed E-state index contributed by atoms with van der Waals surface area (Å²) in [4.78, 5) is 105. The molecule has 0 aliphatic heterocycles. The van der Waals surface area contributed by atoms with Gasteiger partial charge in [-0.25, -0.2) is 9.59 Å². The Balaban J connectivity index is 2.33. The van der Waals surface area contributed by atoms with E-state index in [-0.39, 0.29) is 52.2 Å². The largest absolute Gasteiger partial charge is 0.489 e. The predicted molar refractivity (Wildman–Crippen MR) is 258 cm³/mol. The summed E-state index contributed by atoms with van der Waals surface area (Å²) < 4.78 is 34.6. The first-order chi connectivity index (χ1) is 33.4. The first-order valence-electron chi connectivity index (χ1n) is 23.0. The van der Waals surface area contributed by atoms with Crippen LogP contribution >= 0.6 is 0 Å². The summed E-state index contributed by atoms with van der Waals surface area (Å²) in [6.45, 7) is 22.6. The molecule has 24 nitrogen and oxygen atoms in total. The Hall–Kier alpha value is -7.08. The highest BCUT2D eigenvalue weighted by Crippen LogP contribution is 2.35. The van der Waals surface area contributed by atoms with Crippen molar-refractivity contribution >= 4 is 35.7 Å². The molecule has 0 saturated heterocycles. The Bertz CT molecular complexity index is 2160. The van der Waals surface area contributed by atoms with Crippen molar-refractivity contribution in [3.05, 3.63) is 77.9 Å². The zero-order valence-electron chi connectivity index (χ0n) is 43.5. The lowest BCUT2D eigenvalue weighted by molar-refractivity contribution is -0.767. The van der Waals surface area contributed by atoms with Crippen molar-refractivity contribution in [2.24, 2.45) is 0 Å². The van der Waals surface area contributed by atoms with E-state index in [2.05, 4.69) is 30.9 Å². The van der Waals surface area contributed by atoms with Crippen molar-refractivity contribution in [2.75, 3.05) is 39.4 Å². The molecule has 0 bridgehead atoms. The summed E-state index contributed by atoms with van der Waals surface area (Å²) in [6.07, 6.45) is -2.75. The number of carbonyl (C=O) groups is 6. The molecule has 0 heterocycles. The smallest absolute Gasteiger partial charge is 0.331 e. The molecule has 4 N–H and O–H groups in total. The van der Waals surface area contributed by atoms with Crippen molar-refractivity contribution < 1.29 is 77.0 Å². The van der Waals surface area contributed by atoms with E-state index in [1.807, 2.05) is 0 Å². The van der Waals surface area contributed by atoms with Gasteiger partial charge in [0, 0.05) is 63.3 Å². The number of rotatable bonds is 30. The van der Waals surface area contributed by atoms with E-state index in [0.717, 1.165) is 12.2 Å². The summed E-state index contributed by atoms with van der Waals surface area (Å²) >= 11 is 0. The molecule has 0 saturated carbocycles. The number of ether oxygens (including phenoxy) is 6. The van der Waals surface area contributed by atoms with Crippen LogP contribution in [0.25, 0.3) is 0 Å². The van der Waals surface area contributed by atoms with Crippen LogP contribution < -0.4 is 40.2 Å². The number of benzene rings is 2. The first kappa shape index (κ1) is 61.0. The third kappa shape index (κ3) is 22.3. The van der Waals surface area contributed by atoms with Crippen molar-refractivity contribution in [1.82, 2.24) is 21.3 Å². The van der Waals surface area contributed by atoms with E-state index in [1.165, 1.54) is 27.7 Å². The second kappa shape index (κ2) is 28.1. The second-order valence-electron chi connectivity index (χ2n) is 18.6. The van der Waals surface area contributed by atoms with Gasteiger partial charge in [-0.2, -0.15) is 0 Å². The van der Waals surface area contributed by atoms with Crippen LogP contribution in [0.1, 0.15) is 102 Å². The van der Waals surface area contributed by atoms with Gasteiger partial charge >= 0.3 is 23.9 Å². The number of nitrogens with one attached hydrogen (secondary N) is 4. The van der Waals surface area contributed by atoms with E-state index >= 15 is 0 Å². The quantitative estimate of drug-likeness (QED) is 0.0281. The third-order valence-electron chi connectivity index (χ3n) is 10.8. The van der Waals surface area contributed by atoms with E-state index in [9.17, 15) is 49.0 Å². The highest BCUT2D eigenvalue weighted by Gasteiger charge is 2.27. The minimum Gasteiger partial charge on any atom is -0.489 e. The molecular weight excluding hydrogens is 949 g/mol. The molecule has 2 aromatic rings. The van der Waals surface area contributed by atoms with Crippen molar-refractivity contribution in [3.8, 4) is 23.0 Å². The Labute approximate surface area is 418 Å². The van der Waals surface area contributed by atoms with Crippen LogP contribution in [0, 0.1) is 61.8 Å². The SMILES string of the molecule is CC(=O)Oc1c(C)cc(OCC(CNC(C)(C)CNC(=O)CC(C)O[N+](=O)[O-])OC(=O)/C=C/C(=O)OC(CNC(C)(C)CNC(=O)CC(C)O[N+](=O)[O-])COc2cc(C)c(OC(C)=O)c(C)c2C)c(C)c1C. The minimum atomic E-state index is -1.01. The van der Waals surface area contributed by atoms with Gasteiger partial charge in [-0.15, -0.1) is 20.2 Å². The standard InChI is InChI=1S/C48H70N6O18/c1-27-17-39(31(5)33(7)45(27)67-35(9)55)65-23-37(21-51-47(11,12)25-49-41(57)19-29(3)71-53(61)62)69-43(59)15-16-44(60)70-38(22-52-48(13,14)26-50-42(58)20-30(4)72-54(63)64)24-66-40-18-28(2)46(68-36(10)56)34(8)32(40)6/h15-18,29-30,37-38,51-52H,19-26H2,1-14H3,(H,49,57)(H,50,58)/b16-15+. The average Bonchev–Trinajstić information content (AvgIpc) is 3.26. The topological polar surface area (TPSA) is 311 Å². The second-order valence-corrected chi connectivity index (χ2v) is 18.6. The molecule has 4 atom stereocenters. The van der Waals surface area contributed by atoms with Crippen LogP contribution in [0.2, 0.25) is 0 Å². The number of esters is 4. The molecule has 72 heavy (non-hydrogen) atoms. The molecule has 0 spiro atoms.